The SMILES string of the molecule is CS(=O)(=O)N1C[C@H]2CC[C@@H](C1)N(Cc1cc(C3CCCCC3)no1)C2. The second-order valence-corrected chi connectivity index (χ2v) is 10.1. The van der Waals surface area contributed by atoms with Gasteiger partial charge in [0.2, 0.25) is 10.0 Å². The van der Waals surface area contributed by atoms with E-state index < -0.39 is 10.0 Å². The first-order chi connectivity index (χ1) is 12.0. The lowest BCUT2D eigenvalue weighted by Gasteiger charge is -2.35. The monoisotopic (exact) mass is 367 g/mol. The molecule has 1 aromatic rings. The zero-order chi connectivity index (χ0) is 17.4. The molecule has 2 atom stereocenters. The molecule has 4 aliphatic rings. The van der Waals surface area contributed by atoms with Crippen LogP contribution in [0.4, 0.5) is 0 Å². The lowest BCUT2D eigenvalue weighted by molar-refractivity contribution is 0.113. The summed E-state index contributed by atoms with van der Waals surface area (Å²) in [6.07, 6.45) is 9.91. The largest absolute Gasteiger partial charge is 0.360 e. The van der Waals surface area contributed by atoms with Crippen LogP contribution in [0.15, 0.2) is 10.6 Å². The van der Waals surface area contributed by atoms with Crippen LogP contribution in [0.5, 0.6) is 0 Å². The first kappa shape index (κ1) is 17.5. The van der Waals surface area contributed by atoms with Gasteiger partial charge in [-0.2, -0.15) is 0 Å². The molecule has 1 aromatic heterocycles. The molecule has 0 N–H and O–H groups in total. The Morgan fingerprint density at radius 1 is 1.12 bits per heavy atom. The van der Waals surface area contributed by atoms with Gasteiger partial charge in [0.1, 0.15) is 0 Å². The van der Waals surface area contributed by atoms with E-state index in [9.17, 15) is 8.42 Å². The Bertz CT molecular complexity index is 696. The lowest BCUT2D eigenvalue weighted by Crippen LogP contribution is -2.43. The van der Waals surface area contributed by atoms with Crippen molar-refractivity contribution < 1.29 is 12.9 Å². The number of fused-ring (bicyclic) bond motifs is 4. The zero-order valence-electron chi connectivity index (χ0n) is 15.1. The number of nitrogens with zero attached hydrogens (tertiary/aromatic N) is 3. The van der Waals surface area contributed by atoms with Gasteiger partial charge in [-0.15, -0.1) is 0 Å². The molecule has 0 unspecified atom stereocenters. The minimum atomic E-state index is -3.11. The van der Waals surface area contributed by atoms with E-state index in [1.165, 1.54) is 38.4 Å². The molecule has 0 aromatic carbocycles. The number of hydrogen-bond donors (Lipinski definition) is 0. The third-order valence-electron chi connectivity index (χ3n) is 6.22. The van der Waals surface area contributed by atoms with Gasteiger partial charge in [0.15, 0.2) is 5.76 Å². The van der Waals surface area contributed by atoms with Crippen LogP contribution >= 0.6 is 0 Å². The fourth-order valence-corrected chi connectivity index (χ4v) is 5.72. The van der Waals surface area contributed by atoms with Gasteiger partial charge in [0.25, 0.3) is 0 Å². The molecule has 2 bridgehead atoms. The predicted octanol–water partition coefficient (Wildman–Crippen LogP) is 2.58. The number of hydrogen-bond acceptors (Lipinski definition) is 5. The first-order valence-electron chi connectivity index (χ1n) is 9.63. The molecule has 5 rings (SSSR count). The van der Waals surface area contributed by atoms with Gasteiger partial charge in [0, 0.05) is 37.7 Å². The van der Waals surface area contributed by atoms with Crippen molar-refractivity contribution in [3.63, 3.8) is 0 Å². The highest BCUT2D eigenvalue weighted by Crippen LogP contribution is 2.33. The average molecular weight is 368 g/mol. The van der Waals surface area contributed by atoms with Gasteiger partial charge in [-0.25, -0.2) is 12.7 Å². The van der Waals surface area contributed by atoms with Crippen LogP contribution in [-0.2, 0) is 16.6 Å². The van der Waals surface area contributed by atoms with Gasteiger partial charge in [-0.05, 0) is 31.6 Å². The van der Waals surface area contributed by atoms with Crippen LogP contribution in [-0.4, -0.2) is 54.7 Å². The molecular weight excluding hydrogens is 338 g/mol. The third kappa shape index (κ3) is 3.93. The minimum Gasteiger partial charge on any atom is -0.360 e. The molecule has 0 amide bonds. The maximum Gasteiger partial charge on any atom is 0.211 e. The van der Waals surface area contributed by atoms with Crippen molar-refractivity contribution in [3.8, 4) is 0 Å². The average Bonchev–Trinajstić information content (AvgIpc) is 2.84. The Balaban J connectivity index is 1.44. The van der Waals surface area contributed by atoms with E-state index in [2.05, 4.69) is 16.1 Å². The van der Waals surface area contributed by atoms with Crippen LogP contribution in [0.3, 0.4) is 0 Å². The zero-order valence-corrected chi connectivity index (χ0v) is 15.9. The highest BCUT2D eigenvalue weighted by Gasteiger charge is 2.38. The van der Waals surface area contributed by atoms with Crippen LogP contribution in [0, 0.1) is 5.92 Å². The molecule has 25 heavy (non-hydrogen) atoms. The topological polar surface area (TPSA) is 66.7 Å². The van der Waals surface area contributed by atoms with Crippen molar-refractivity contribution in [2.45, 2.75) is 63.5 Å². The van der Waals surface area contributed by atoms with Gasteiger partial charge < -0.3 is 4.52 Å². The second-order valence-electron chi connectivity index (χ2n) is 8.16. The summed E-state index contributed by atoms with van der Waals surface area (Å²) in [5, 5.41) is 4.34. The molecule has 3 saturated heterocycles. The van der Waals surface area contributed by atoms with E-state index >= 15 is 0 Å². The van der Waals surface area contributed by atoms with Crippen molar-refractivity contribution in [3.05, 3.63) is 17.5 Å². The van der Waals surface area contributed by atoms with Gasteiger partial charge >= 0.3 is 0 Å². The Hall–Kier alpha value is -0.920. The molecule has 1 saturated carbocycles. The van der Waals surface area contributed by atoms with E-state index in [4.69, 9.17) is 4.52 Å². The maximum absolute atomic E-state index is 12.0. The molecule has 3 aliphatic heterocycles. The maximum atomic E-state index is 12.0. The Morgan fingerprint density at radius 2 is 1.92 bits per heavy atom. The summed E-state index contributed by atoms with van der Waals surface area (Å²) in [6.45, 7) is 2.98. The smallest absolute Gasteiger partial charge is 0.211 e. The minimum absolute atomic E-state index is 0.289. The molecular formula is C18H29N3O3S. The van der Waals surface area contributed by atoms with Crippen molar-refractivity contribution in [1.82, 2.24) is 14.4 Å². The summed E-state index contributed by atoms with van der Waals surface area (Å²) < 4.78 is 31.3. The molecule has 1 aliphatic carbocycles. The summed E-state index contributed by atoms with van der Waals surface area (Å²) in [4.78, 5) is 2.41. The fourth-order valence-electron chi connectivity index (χ4n) is 4.79. The summed E-state index contributed by atoms with van der Waals surface area (Å²) in [5.41, 5.74) is 1.12. The van der Waals surface area contributed by atoms with Gasteiger partial charge in [-0.1, -0.05) is 24.4 Å². The van der Waals surface area contributed by atoms with Crippen LogP contribution in [0.2, 0.25) is 0 Å². The normalized spacial score (nSPS) is 29.8. The van der Waals surface area contributed by atoms with E-state index in [-0.39, 0.29) is 6.04 Å². The predicted molar refractivity (Wildman–Crippen MR) is 95.7 cm³/mol. The van der Waals surface area contributed by atoms with Gasteiger partial charge in [-0.3, -0.25) is 4.90 Å². The quantitative estimate of drug-likeness (QED) is 0.818. The second kappa shape index (κ2) is 7.00. The molecule has 6 nitrogen and oxygen atoms in total. The van der Waals surface area contributed by atoms with Crippen LogP contribution < -0.4 is 0 Å². The third-order valence-corrected chi connectivity index (χ3v) is 7.46. The van der Waals surface area contributed by atoms with E-state index in [1.807, 2.05) is 0 Å². The highest BCUT2D eigenvalue weighted by atomic mass is 32.2. The van der Waals surface area contributed by atoms with E-state index in [1.54, 1.807) is 4.31 Å². The molecule has 7 heteroatoms. The summed E-state index contributed by atoms with van der Waals surface area (Å²) in [7, 11) is -3.11. The molecule has 4 fully saturated rings. The van der Waals surface area contributed by atoms with E-state index in [0.717, 1.165) is 37.4 Å². The van der Waals surface area contributed by atoms with Crippen LogP contribution in [0.25, 0.3) is 0 Å². The van der Waals surface area contributed by atoms with E-state index in [0.29, 0.717) is 24.9 Å². The Kier molecular flexibility index (Phi) is 4.90. The Morgan fingerprint density at radius 3 is 2.68 bits per heavy atom. The first-order valence-corrected chi connectivity index (χ1v) is 11.5. The fraction of sp³-hybridized carbons (Fsp3) is 0.833. The van der Waals surface area contributed by atoms with Crippen molar-refractivity contribution in [2.24, 2.45) is 5.92 Å². The van der Waals surface area contributed by atoms with Crippen molar-refractivity contribution >= 4 is 10.0 Å². The van der Waals surface area contributed by atoms with Gasteiger partial charge in [0.05, 0.1) is 18.5 Å². The lowest BCUT2D eigenvalue weighted by atomic mass is 9.87. The van der Waals surface area contributed by atoms with Crippen LogP contribution in [0.1, 0.15) is 62.3 Å². The summed E-state index contributed by atoms with van der Waals surface area (Å²) in [6, 6.07) is 2.43. The standard InChI is InChI=1S/C18H29N3O3S/c1-25(22,23)21-11-14-7-8-16(12-21)20(10-14)13-17-9-18(19-24-17)15-5-3-2-4-6-15/h9,14-16H,2-8,10-13H2,1H3/t14-,16-/m0/s1. The number of piperidine rings is 1. The summed E-state index contributed by atoms with van der Waals surface area (Å²) in [5.74, 6) is 1.92. The molecule has 0 spiro atoms. The molecule has 4 heterocycles. The number of rotatable bonds is 4. The number of aromatic nitrogens is 1. The van der Waals surface area contributed by atoms with Crippen molar-refractivity contribution in [2.75, 3.05) is 25.9 Å². The number of sulfonamides is 1. The molecule has 140 valence electrons. The summed E-state index contributed by atoms with van der Waals surface area (Å²) >= 11 is 0. The highest BCUT2D eigenvalue weighted by molar-refractivity contribution is 7.88. The van der Waals surface area contributed by atoms with Crippen molar-refractivity contribution in [1.29, 1.82) is 0 Å². The molecule has 0 radical (unpaired) electrons. The Labute approximate surface area is 150 Å².